The number of carbonyl (C=O) groups excluding carboxylic acids is 2. The number of carbonyl (C=O) groups is 2. The fourth-order valence-electron chi connectivity index (χ4n) is 2.56. The lowest BCUT2D eigenvalue weighted by Crippen LogP contribution is -2.34. The minimum absolute atomic E-state index is 0.305. The number of hydrogen-bond acceptors (Lipinski definition) is 6. The van der Waals surface area contributed by atoms with Gasteiger partial charge in [0, 0.05) is 0 Å². The number of esters is 2. The van der Waals surface area contributed by atoms with Gasteiger partial charge in [0.25, 0.3) is 0 Å². The molecule has 2 heterocycles. The van der Waals surface area contributed by atoms with Crippen molar-refractivity contribution >= 4 is 11.9 Å². The van der Waals surface area contributed by atoms with Crippen molar-refractivity contribution in [3.8, 4) is 0 Å². The molecule has 1 aromatic rings. The maximum absolute atomic E-state index is 12.4. The lowest BCUT2D eigenvalue weighted by molar-refractivity contribution is -0.160. The molecular weight excluding hydrogens is 286 g/mol. The Morgan fingerprint density at radius 2 is 2.09 bits per heavy atom. The molecule has 1 saturated heterocycles. The fourth-order valence-corrected chi connectivity index (χ4v) is 2.56. The SMILES string of the molecule is CCOC(=O)[C@@H]1C[C@@H](C(=O)OC(C)(C)C)[C@@H](c2ccco2)N1. The summed E-state index contributed by atoms with van der Waals surface area (Å²) in [6.07, 6.45) is 1.87. The maximum atomic E-state index is 12.4. The molecule has 0 bridgehead atoms. The van der Waals surface area contributed by atoms with Crippen LogP contribution in [-0.4, -0.2) is 30.2 Å². The molecule has 0 radical (unpaired) electrons. The van der Waals surface area contributed by atoms with Gasteiger partial charge in [0.15, 0.2) is 0 Å². The summed E-state index contributed by atoms with van der Waals surface area (Å²) in [4.78, 5) is 24.4. The molecular formula is C16H23NO5. The van der Waals surface area contributed by atoms with Gasteiger partial charge in [-0.2, -0.15) is 0 Å². The third-order valence-electron chi connectivity index (χ3n) is 3.40. The lowest BCUT2D eigenvalue weighted by Gasteiger charge is -2.24. The number of nitrogens with one attached hydrogen (secondary N) is 1. The second-order valence-electron chi connectivity index (χ2n) is 6.34. The summed E-state index contributed by atoms with van der Waals surface area (Å²) < 4.78 is 15.9. The Morgan fingerprint density at radius 3 is 2.64 bits per heavy atom. The summed E-state index contributed by atoms with van der Waals surface area (Å²) in [5.41, 5.74) is -0.577. The topological polar surface area (TPSA) is 77.8 Å². The van der Waals surface area contributed by atoms with Crippen LogP contribution in [0.1, 0.15) is 45.9 Å². The van der Waals surface area contributed by atoms with Crippen LogP contribution >= 0.6 is 0 Å². The molecule has 0 aromatic carbocycles. The van der Waals surface area contributed by atoms with Crippen molar-refractivity contribution in [1.29, 1.82) is 0 Å². The van der Waals surface area contributed by atoms with Crippen LogP contribution in [0.2, 0.25) is 0 Å². The van der Waals surface area contributed by atoms with E-state index in [0.29, 0.717) is 18.8 Å². The van der Waals surface area contributed by atoms with Gasteiger partial charge in [-0.1, -0.05) is 0 Å². The highest BCUT2D eigenvalue weighted by Gasteiger charge is 2.45. The van der Waals surface area contributed by atoms with Crippen LogP contribution in [0.25, 0.3) is 0 Å². The van der Waals surface area contributed by atoms with Crippen LogP contribution in [0.4, 0.5) is 0 Å². The van der Waals surface area contributed by atoms with E-state index in [1.165, 1.54) is 0 Å². The molecule has 6 nitrogen and oxygen atoms in total. The Balaban J connectivity index is 2.17. The minimum Gasteiger partial charge on any atom is -0.468 e. The van der Waals surface area contributed by atoms with E-state index in [4.69, 9.17) is 13.9 Å². The van der Waals surface area contributed by atoms with Gasteiger partial charge in [0.1, 0.15) is 17.4 Å². The van der Waals surface area contributed by atoms with E-state index < -0.39 is 17.6 Å². The predicted molar refractivity (Wildman–Crippen MR) is 79.0 cm³/mol. The molecule has 122 valence electrons. The minimum atomic E-state index is -0.577. The van der Waals surface area contributed by atoms with Gasteiger partial charge >= 0.3 is 11.9 Å². The number of rotatable bonds is 4. The summed E-state index contributed by atoms with van der Waals surface area (Å²) in [6, 6.07) is 2.61. The van der Waals surface area contributed by atoms with Gasteiger partial charge in [-0.15, -0.1) is 0 Å². The van der Waals surface area contributed by atoms with Crippen LogP contribution in [0, 0.1) is 5.92 Å². The summed E-state index contributed by atoms with van der Waals surface area (Å²) in [6.45, 7) is 7.51. The molecule has 0 saturated carbocycles. The van der Waals surface area contributed by atoms with E-state index in [2.05, 4.69) is 5.32 Å². The second kappa shape index (κ2) is 6.52. The van der Waals surface area contributed by atoms with Crippen LogP contribution < -0.4 is 5.32 Å². The van der Waals surface area contributed by atoms with Gasteiger partial charge in [0.05, 0.1) is 24.8 Å². The number of ether oxygens (including phenoxy) is 2. The Morgan fingerprint density at radius 1 is 1.36 bits per heavy atom. The van der Waals surface area contributed by atoms with Crippen molar-refractivity contribution in [2.75, 3.05) is 6.61 Å². The Kier molecular flexibility index (Phi) is 4.90. The van der Waals surface area contributed by atoms with Crippen LogP contribution in [0.15, 0.2) is 22.8 Å². The molecule has 1 aromatic heterocycles. The molecule has 2 rings (SSSR count). The normalized spacial score (nSPS) is 25.0. The van der Waals surface area contributed by atoms with Gasteiger partial charge in [-0.05, 0) is 46.2 Å². The molecule has 6 heteroatoms. The van der Waals surface area contributed by atoms with Crippen molar-refractivity contribution in [3.63, 3.8) is 0 Å². The van der Waals surface area contributed by atoms with Crippen LogP contribution in [0.5, 0.6) is 0 Å². The Hall–Kier alpha value is -1.82. The molecule has 1 N–H and O–H groups in total. The molecule has 0 aliphatic carbocycles. The predicted octanol–water partition coefficient (Wildman–Crippen LogP) is 2.20. The first-order valence-electron chi connectivity index (χ1n) is 7.50. The van der Waals surface area contributed by atoms with Gasteiger partial charge < -0.3 is 13.9 Å². The highest BCUT2D eigenvalue weighted by atomic mass is 16.6. The highest BCUT2D eigenvalue weighted by Crippen LogP contribution is 2.35. The molecule has 0 amide bonds. The van der Waals surface area contributed by atoms with E-state index in [1.807, 2.05) is 20.8 Å². The molecule has 3 atom stereocenters. The zero-order valence-corrected chi connectivity index (χ0v) is 13.4. The van der Waals surface area contributed by atoms with Crippen molar-refractivity contribution in [3.05, 3.63) is 24.2 Å². The van der Waals surface area contributed by atoms with Crippen molar-refractivity contribution in [1.82, 2.24) is 5.32 Å². The van der Waals surface area contributed by atoms with Crippen LogP contribution in [0.3, 0.4) is 0 Å². The first kappa shape index (κ1) is 16.5. The average Bonchev–Trinajstić information content (AvgIpc) is 3.06. The first-order valence-corrected chi connectivity index (χ1v) is 7.50. The summed E-state index contributed by atoms with van der Waals surface area (Å²) in [7, 11) is 0. The van der Waals surface area contributed by atoms with Gasteiger partial charge in [0.2, 0.25) is 0 Å². The van der Waals surface area contributed by atoms with Gasteiger partial charge in [-0.25, -0.2) is 0 Å². The molecule has 0 unspecified atom stereocenters. The summed E-state index contributed by atoms with van der Waals surface area (Å²) in [5.74, 6) is -0.569. The largest absolute Gasteiger partial charge is 0.468 e. The van der Waals surface area contributed by atoms with Crippen LogP contribution in [-0.2, 0) is 19.1 Å². The third-order valence-corrected chi connectivity index (χ3v) is 3.40. The summed E-state index contributed by atoms with van der Waals surface area (Å²) >= 11 is 0. The zero-order valence-electron chi connectivity index (χ0n) is 13.4. The second-order valence-corrected chi connectivity index (χ2v) is 6.34. The molecule has 1 aliphatic heterocycles. The van der Waals surface area contributed by atoms with E-state index in [0.717, 1.165) is 0 Å². The van der Waals surface area contributed by atoms with Crippen molar-refractivity contribution < 1.29 is 23.5 Å². The molecule has 0 spiro atoms. The molecule has 1 aliphatic rings. The Labute approximate surface area is 130 Å². The van der Waals surface area contributed by atoms with Gasteiger partial charge in [-0.3, -0.25) is 14.9 Å². The maximum Gasteiger partial charge on any atom is 0.323 e. The third kappa shape index (κ3) is 3.88. The quantitative estimate of drug-likeness (QED) is 0.859. The molecule has 22 heavy (non-hydrogen) atoms. The number of furan rings is 1. The van der Waals surface area contributed by atoms with E-state index in [-0.39, 0.29) is 18.0 Å². The number of hydrogen-bond donors (Lipinski definition) is 1. The highest BCUT2D eigenvalue weighted by molar-refractivity contribution is 5.80. The summed E-state index contributed by atoms with van der Waals surface area (Å²) in [5, 5.41) is 3.13. The average molecular weight is 309 g/mol. The lowest BCUT2D eigenvalue weighted by atomic mass is 9.97. The zero-order chi connectivity index (χ0) is 16.3. The van der Waals surface area contributed by atoms with Crippen molar-refractivity contribution in [2.45, 2.75) is 51.8 Å². The first-order chi connectivity index (χ1) is 10.3. The van der Waals surface area contributed by atoms with Crippen molar-refractivity contribution in [2.24, 2.45) is 5.92 Å². The fraction of sp³-hybridized carbons (Fsp3) is 0.625. The monoisotopic (exact) mass is 309 g/mol. The van der Waals surface area contributed by atoms with E-state index >= 15 is 0 Å². The Bertz CT molecular complexity index is 517. The smallest absolute Gasteiger partial charge is 0.323 e. The standard InChI is InChI=1S/C16H23NO5/c1-5-20-15(19)11-9-10(14(18)22-16(2,3)4)13(17-11)12-7-6-8-21-12/h6-8,10-11,13,17H,5,9H2,1-4H3/t10-,11+,13+/m1/s1. The molecule has 1 fully saturated rings. The van der Waals surface area contributed by atoms with E-state index in [9.17, 15) is 9.59 Å². The van der Waals surface area contributed by atoms with E-state index in [1.54, 1.807) is 25.3 Å².